The number of aryl methyl sites for hydroxylation is 2. The maximum Gasteiger partial charge on any atom is 0.160 e. The van der Waals surface area contributed by atoms with Gasteiger partial charge in [0, 0.05) is 18.7 Å². The molecule has 0 bridgehead atoms. The van der Waals surface area contributed by atoms with Crippen LogP contribution >= 0.6 is 0 Å². The number of anilines is 2. The van der Waals surface area contributed by atoms with Gasteiger partial charge in [-0.3, -0.25) is 9.78 Å². The highest BCUT2D eigenvalue weighted by Crippen LogP contribution is 2.27. The van der Waals surface area contributed by atoms with Crippen LogP contribution in [0.2, 0.25) is 0 Å². The Bertz CT molecular complexity index is 791. The Kier molecular flexibility index (Phi) is 2.93. The molecule has 7 heteroatoms. The molecule has 0 unspecified atom stereocenters. The SMILES string of the molecule is Cc1nn(C)cc1Nc1nc(C(C)(C)C)nc2cn[nH]c12. The van der Waals surface area contributed by atoms with Gasteiger partial charge in [-0.2, -0.15) is 10.2 Å². The Morgan fingerprint density at radius 2 is 2.00 bits per heavy atom. The van der Waals surface area contributed by atoms with E-state index in [0.29, 0.717) is 0 Å². The third-order valence-corrected chi connectivity index (χ3v) is 3.24. The fraction of sp³-hybridized carbons (Fsp3) is 0.429. The van der Waals surface area contributed by atoms with Crippen molar-refractivity contribution in [1.29, 1.82) is 0 Å². The van der Waals surface area contributed by atoms with E-state index in [4.69, 9.17) is 0 Å². The summed E-state index contributed by atoms with van der Waals surface area (Å²) in [4.78, 5) is 9.23. The van der Waals surface area contributed by atoms with Crippen LogP contribution in [0.4, 0.5) is 11.5 Å². The number of aromatic amines is 1. The van der Waals surface area contributed by atoms with Crippen LogP contribution in [0.1, 0.15) is 32.3 Å². The van der Waals surface area contributed by atoms with E-state index in [1.165, 1.54) is 0 Å². The van der Waals surface area contributed by atoms with Gasteiger partial charge in [0.05, 0.1) is 17.6 Å². The van der Waals surface area contributed by atoms with Crippen molar-refractivity contribution < 1.29 is 0 Å². The molecule has 0 saturated carbocycles. The molecule has 0 atom stereocenters. The normalized spacial score (nSPS) is 12.0. The maximum absolute atomic E-state index is 4.66. The van der Waals surface area contributed by atoms with Crippen molar-refractivity contribution in [1.82, 2.24) is 29.9 Å². The zero-order valence-corrected chi connectivity index (χ0v) is 12.9. The first kappa shape index (κ1) is 13.5. The van der Waals surface area contributed by atoms with Crippen LogP contribution in [0.5, 0.6) is 0 Å². The number of nitrogens with zero attached hydrogens (tertiary/aromatic N) is 5. The summed E-state index contributed by atoms with van der Waals surface area (Å²) >= 11 is 0. The fourth-order valence-corrected chi connectivity index (χ4v) is 2.12. The highest BCUT2D eigenvalue weighted by atomic mass is 15.3. The molecule has 3 aromatic heterocycles. The maximum atomic E-state index is 4.66. The van der Waals surface area contributed by atoms with E-state index in [1.54, 1.807) is 10.9 Å². The minimum Gasteiger partial charge on any atom is -0.336 e. The van der Waals surface area contributed by atoms with Gasteiger partial charge in [-0.1, -0.05) is 20.8 Å². The lowest BCUT2D eigenvalue weighted by molar-refractivity contribution is 0.549. The van der Waals surface area contributed by atoms with Crippen molar-refractivity contribution in [3.05, 3.63) is 23.9 Å². The third kappa shape index (κ3) is 2.46. The monoisotopic (exact) mass is 285 g/mol. The zero-order chi connectivity index (χ0) is 15.2. The van der Waals surface area contributed by atoms with E-state index >= 15 is 0 Å². The van der Waals surface area contributed by atoms with Crippen molar-refractivity contribution in [3.8, 4) is 0 Å². The summed E-state index contributed by atoms with van der Waals surface area (Å²) in [7, 11) is 1.89. The molecule has 0 fully saturated rings. The number of hydrogen-bond acceptors (Lipinski definition) is 5. The lowest BCUT2D eigenvalue weighted by Crippen LogP contribution is -2.17. The number of fused-ring (bicyclic) bond motifs is 1. The summed E-state index contributed by atoms with van der Waals surface area (Å²) in [5.74, 6) is 1.50. The van der Waals surface area contributed by atoms with Crippen molar-refractivity contribution in [2.75, 3.05) is 5.32 Å². The number of H-pyrrole nitrogens is 1. The molecule has 7 nitrogen and oxygen atoms in total. The molecule has 0 saturated heterocycles. The van der Waals surface area contributed by atoms with Crippen LogP contribution in [0.25, 0.3) is 11.0 Å². The molecule has 0 aliphatic rings. The summed E-state index contributed by atoms with van der Waals surface area (Å²) in [6.45, 7) is 8.23. The lowest BCUT2D eigenvalue weighted by atomic mass is 9.95. The molecule has 3 rings (SSSR count). The lowest BCUT2D eigenvalue weighted by Gasteiger charge is -2.17. The van der Waals surface area contributed by atoms with Crippen LogP contribution in [0.3, 0.4) is 0 Å². The summed E-state index contributed by atoms with van der Waals surface area (Å²) in [5, 5.41) is 14.7. The zero-order valence-electron chi connectivity index (χ0n) is 12.9. The van der Waals surface area contributed by atoms with Crippen LogP contribution < -0.4 is 5.32 Å². The minimum absolute atomic E-state index is 0.133. The Labute approximate surface area is 122 Å². The second kappa shape index (κ2) is 4.54. The second-order valence-electron chi connectivity index (χ2n) is 6.20. The van der Waals surface area contributed by atoms with E-state index in [0.717, 1.165) is 34.1 Å². The van der Waals surface area contributed by atoms with Gasteiger partial charge < -0.3 is 5.32 Å². The molecule has 3 heterocycles. The second-order valence-corrected chi connectivity index (χ2v) is 6.20. The predicted molar refractivity (Wildman–Crippen MR) is 81.6 cm³/mol. The molecular formula is C14H19N7. The number of hydrogen-bond donors (Lipinski definition) is 2. The summed E-state index contributed by atoms with van der Waals surface area (Å²) < 4.78 is 1.77. The van der Waals surface area contributed by atoms with Gasteiger partial charge in [-0.05, 0) is 6.92 Å². The Hall–Kier alpha value is -2.44. The number of nitrogens with one attached hydrogen (secondary N) is 2. The molecule has 110 valence electrons. The molecule has 3 aromatic rings. The van der Waals surface area contributed by atoms with Gasteiger partial charge >= 0.3 is 0 Å². The largest absolute Gasteiger partial charge is 0.336 e. The van der Waals surface area contributed by atoms with Gasteiger partial charge in [0.15, 0.2) is 5.82 Å². The van der Waals surface area contributed by atoms with E-state index in [-0.39, 0.29) is 5.41 Å². The van der Waals surface area contributed by atoms with Gasteiger partial charge in [-0.25, -0.2) is 9.97 Å². The van der Waals surface area contributed by atoms with E-state index < -0.39 is 0 Å². The molecule has 0 aliphatic carbocycles. The smallest absolute Gasteiger partial charge is 0.160 e. The van der Waals surface area contributed by atoms with Crippen LogP contribution in [0, 0.1) is 6.92 Å². The van der Waals surface area contributed by atoms with Crippen LogP contribution in [-0.2, 0) is 12.5 Å². The average molecular weight is 285 g/mol. The highest BCUT2D eigenvalue weighted by molar-refractivity contribution is 5.87. The van der Waals surface area contributed by atoms with E-state index in [2.05, 4.69) is 51.4 Å². The molecule has 0 radical (unpaired) electrons. The van der Waals surface area contributed by atoms with Crippen molar-refractivity contribution in [2.24, 2.45) is 7.05 Å². The van der Waals surface area contributed by atoms with Gasteiger partial charge in [0.25, 0.3) is 0 Å². The third-order valence-electron chi connectivity index (χ3n) is 3.24. The van der Waals surface area contributed by atoms with Crippen LogP contribution in [0.15, 0.2) is 12.4 Å². The standard InChI is InChI=1S/C14H19N7/c1-8-10(7-21(5)20-8)16-12-11-9(6-15-19-11)17-13(18-12)14(2,3)4/h6-7H,1-5H3,(H,15,19)(H,16,17,18). The first-order valence-corrected chi connectivity index (χ1v) is 6.83. The quantitative estimate of drug-likeness (QED) is 0.755. The van der Waals surface area contributed by atoms with Crippen molar-refractivity contribution in [2.45, 2.75) is 33.1 Å². The highest BCUT2D eigenvalue weighted by Gasteiger charge is 2.21. The fourth-order valence-electron chi connectivity index (χ4n) is 2.12. The van der Waals surface area contributed by atoms with Crippen molar-refractivity contribution >= 4 is 22.5 Å². The molecule has 21 heavy (non-hydrogen) atoms. The molecule has 0 amide bonds. The van der Waals surface area contributed by atoms with Crippen LogP contribution in [-0.4, -0.2) is 29.9 Å². The first-order chi connectivity index (χ1) is 9.84. The van der Waals surface area contributed by atoms with Gasteiger partial charge in [0.1, 0.15) is 16.9 Å². The topological polar surface area (TPSA) is 84.3 Å². The molecule has 0 aromatic carbocycles. The summed E-state index contributed by atoms with van der Waals surface area (Å²) in [6.07, 6.45) is 3.64. The Balaban J connectivity index is 2.12. The Morgan fingerprint density at radius 3 is 2.62 bits per heavy atom. The first-order valence-electron chi connectivity index (χ1n) is 6.83. The Morgan fingerprint density at radius 1 is 1.24 bits per heavy atom. The minimum atomic E-state index is -0.133. The van der Waals surface area contributed by atoms with Crippen molar-refractivity contribution in [3.63, 3.8) is 0 Å². The molecule has 0 spiro atoms. The molecule has 0 aliphatic heterocycles. The molecule has 2 N–H and O–H groups in total. The average Bonchev–Trinajstić information content (AvgIpc) is 2.95. The number of aromatic nitrogens is 6. The predicted octanol–water partition coefficient (Wildman–Crippen LogP) is 2.44. The van der Waals surface area contributed by atoms with Gasteiger partial charge in [-0.15, -0.1) is 0 Å². The van der Waals surface area contributed by atoms with E-state index in [1.807, 2.05) is 20.2 Å². The van der Waals surface area contributed by atoms with Gasteiger partial charge in [0.2, 0.25) is 0 Å². The summed E-state index contributed by atoms with van der Waals surface area (Å²) in [5.41, 5.74) is 3.31. The number of rotatable bonds is 2. The van der Waals surface area contributed by atoms with E-state index in [9.17, 15) is 0 Å². The molecular weight excluding hydrogens is 266 g/mol. The summed E-state index contributed by atoms with van der Waals surface area (Å²) in [6, 6.07) is 0.